The monoisotopic (exact) mass is 375 g/mol. The molecular weight excluding hydrogens is 345 g/mol. The van der Waals surface area contributed by atoms with E-state index in [1.165, 1.54) is 12.1 Å². The van der Waals surface area contributed by atoms with Crippen molar-refractivity contribution in [2.24, 2.45) is 5.41 Å². The van der Waals surface area contributed by atoms with Crippen LogP contribution in [0.4, 0.5) is 4.39 Å². The standard InChI is InChI=1S/C21H30FN3O2/c1-23(2)13-14-25-16-21(8-7-19(25)26)9-11-24(12-10-21)20(27)15-17-3-5-18(22)6-4-17/h3-6H,7-16H2,1-2H3. The minimum absolute atomic E-state index is 0.104. The van der Waals surface area contributed by atoms with Crippen molar-refractivity contribution in [2.45, 2.75) is 32.1 Å². The summed E-state index contributed by atoms with van der Waals surface area (Å²) in [7, 11) is 4.05. The lowest BCUT2D eigenvalue weighted by molar-refractivity contribution is -0.142. The normalized spacial score (nSPS) is 19.8. The average Bonchev–Trinajstić information content (AvgIpc) is 2.65. The van der Waals surface area contributed by atoms with Crippen LogP contribution in [0.5, 0.6) is 0 Å². The van der Waals surface area contributed by atoms with Gasteiger partial charge in [-0.05, 0) is 56.5 Å². The minimum atomic E-state index is -0.281. The summed E-state index contributed by atoms with van der Waals surface area (Å²) >= 11 is 0. The molecule has 5 nitrogen and oxygen atoms in total. The highest BCUT2D eigenvalue weighted by atomic mass is 19.1. The van der Waals surface area contributed by atoms with Gasteiger partial charge in [-0.3, -0.25) is 9.59 Å². The number of nitrogens with zero attached hydrogens (tertiary/aromatic N) is 3. The second-order valence-corrected chi connectivity index (χ2v) is 8.30. The van der Waals surface area contributed by atoms with Crippen LogP contribution >= 0.6 is 0 Å². The minimum Gasteiger partial charge on any atom is -0.342 e. The lowest BCUT2D eigenvalue weighted by Gasteiger charge is -2.47. The molecule has 1 spiro atoms. The van der Waals surface area contributed by atoms with Gasteiger partial charge in [-0.15, -0.1) is 0 Å². The molecule has 0 atom stereocenters. The molecule has 1 aromatic carbocycles. The first-order valence-electron chi connectivity index (χ1n) is 9.82. The molecule has 27 heavy (non-hydrogen) atoms. The van der Waals surface area contributed by atoms with Crippen LogP contribution in [-0.4, -0.2) is 73.3 Å². The quantitative estimate of drug-likeness (QED) is 0.792. The van der Waals surface area contributed by atoms with E-state index >= 15 is 0 Å². The largest absolute Gasteiger partial charge is 0.342 e. The van der Waals surface area contributed by atoms with Crippen LogP contribution in [0, 0.1) is 11.2 Å². The van der Waals surface area contributed by atoms with E-state index in [9.17, 15) is 14.0 Å². The van der Waals surface area contributed by atoms with Crippen molar-refractivity contribution in [1.29, 1.82) is 0 Å². The number of carbonyl (C=O) groups is 2. The summed E-state index contributed by atoms with van der Waals surface area (Å²) in [6.45, 7) is 3.97. The molecular formula is C21H30FN3O2. The molecule has 0 aliphatic carbocycles. The number of hydrogen-bond donors (Lipinski definition) is 0. The van der Waals surface area contributed by atoms with Crippen molar-refractivity contribution >= 4 is 11.8 Å². The Morgan fingerprint density at radius 2 is 1.81 bits per heavy atom. The molecule has 0 unspecified atom stereocenters. The number of hydrogen-bond acceptors (Lipinski definition) is 3. The smallest absolute Gasteiger partial charge is 0.226 e. The van der Waals surface area contributed by atoms with Crippen molar-refractivity contribution in [3.8, 4) is 0 Å². The highest BCUT2D eigenvalue weighted by Gasteiger charge is 2.41. The van der Waals surface area contributed by atoms with Crippen molar-refractivity contribution in [2.75, 3.05) is 46.8 Å². The Balaban J connectivity index is 1.53. The number of likely N-dealkylation sites (N-methyl/N-ethyl adjacent to an activating group) is 1. The van der Waals surface area contributed by atoms with Crippen LogP contribution in [0.25, 0.3) is 0 Å². The molecule has 2 aliphatic heterocycles. The molecule has 148 valence electrons. The number of benzene rings is 1. The highest BCUT2D eigenvalue weighted by molar-refractivity contribution is 5.79. The third-order valence-corrected chi connectivity index (χ3v) is 6.01. The third kappa shape index (κ3) is 5.06. The van der Waals surface area contributed by atoms with E-state index in [0.29, 0.717) is 12.8 Å². The number of amides is 2. The van der Waals surface area contributed by atoms with Crippen LogP contribution in [-0.2, 0) is 16.0 Å². The second kappa shape index (κ2) is 8.38. The SMILES string of the molecule is CN(C)CCN1CC2(CCC1=O)CCN(C(=O)Cc1ccc(F)cc1)CC2. The lowest BCUT2D eigenvalue weighted by Crippen LogP contribution is -2.53. The van der Waals surface area contributed by atoms with Gasteiger partial charge in [0.2, 0.25) is 11.8 Å². The van der Waals surface area contributed by atoms with Gasteiger partial charge in [0.15, 0.2) is 0 Å². The number of likely N-dealkylation sites (tertiary alicyclic amines) is 2. The number of carbonyl (C=O) groups excluding carboxylic acids is 2. The maximum atomic E-state index is 13.0. The van der Waals surface area contributed by atoms with E-state index in [1.54, 1.807) is 12.1 Å². The summed E-state index contributed by atoms with van der Waals surface area (Å²) < 4.78 is 13.0. The summed E-state index contributed by atoms with van der Waals surface area (Å²) in [6.07, 6.45) is 3.78. The summed E-state index contributed by atoms with van der Waals surface area (Å²) in [5.41, 5.74) is 1.01. The van der Waals surface area contributed by atoms with Gasteiger partial charge < -0.3 is 14.7 Å². The molecule has 6 heteroatoms. The van der Waals surface area contributed by atoms with Gasteiger partial charge in [-0.25, -0.2) is 4.39 Å². The van der Waals surface area contributed by atoms with Crippen molar-refractivity contribution in [1.82, 2.24) is 14.7 Å². The second-order valence-electron chi connectivity index (χ2n) is 8.30. The molecule has 0 N–H and O–H groups in total. The van der Waals surface area contributed by atoms with Gasteiger partial charge in [0, 0.05) is 39.1 Å². The van der Waals surface area contributed by atoms with Crippen LogP contribution in [0.3, 0.4) is 0 Å². The highest BCUT2D eigenvalue weighted by Crippen LogP contribution is 2.40. The molecule has 2 amide bonds. The summed E-state index contributed by atoms with van der Waals surface area (Å²) in [4.78, 5) is 30.9. The predicted molar refractivity (Wildman–Crippen MR) is 103 cm³/mol. The first-order chi connectivity index (χ1) is 12.9. The van der Waals surface area contributed by atoms with Crippen LogP contribution in [0.15, 0.2) is 24.3 Å². The number of halogens is 1. The Kier molecular flexibility index (Phi) is 6.15. The Morgan fingerprint density at radius 3 is 2.44 bits per heavy atom. The van der Waals surface area contributed by atoms with Gasteiger partial charge in [0.1, 0.15) is 5.82 Å². The molecule has 0 saturated carbocycles. The van der Waals surface area contributed by atoms with Gasteiger partial charge >= 0.3 is 0 Å². The zero-order valence-electron chi connectivity index (χ0n) is 16.4. The van der Waals surface area contributed by atoms with E-state index in [0.717, 1.165) is 57.5 Å². The van der Waals surface area contributed by atoms with Gasteiger partial charge in [0.25, 0.3) is 0 Å². The lowest BCUT2D eigenvalue weighted by atomic mass is 9.72. The summed E-state index contributed by atoms with van der Waals surface area (Å²) in [5.74, 6) is 0.0851. The maximum absolute atomic E-state index is 13.0. The Hall–Kier alpha value is -1.95. The van der Waals surface area contributed by atoms with Crippen molar-refractivity contribution in [3.63, 3.8) is 0 Å². The fourth-order valence-corrected chi connectivity index (χ4v) is 4.15. The molecule has 2 heterocycles. The molecule has 2 saturated heterocycles. The van der Waals surface area contributed by atoms with Crippen LogP contribution in [0.1, 0.15) is 31.2 Å². The first kappa shape index (κ1) is 19.8. The van der Waals surface area contributed by atoms with Crippen LogP contribution in [0.2, 0.25) is 0 Å². The zero-order chi connectivity index (χ0) is 19.4. The zero-order valence-corrected chi connectivity index (χ0v) is 16.4. The van der Waals surface area contributed by atoms with E-state index in [2.05, 4.69) is 4.90 Å². The van der Waals surface area contributed by atoms with Crippen LogP contribution < -0.4 is 0 Å². The fraction of sp³-hybridized carbons (Fsp3) is 0.619. The maximum Gasteiger partial charge on any atom is 0.226 e. The third-order valence-electron chi connectivity index (χ3n) is 6.01. The van der Waals surface area contributed by atoms with E-state index in [1.807, 2.05) is 23.9 Å². The molecule has 1 aromatic rings. The van der Waals surface area contributed by atoms with Crippen molar-refractivity contribution < 1.29 is 14.0 Å². The number of piperidine rings is 2. The van der Waals surface area contributed by atoms with Crippen molar-refractivity contribution in [3.05, 3.63) is 35.6 Å². The molecule has 3 rings (SSSR count). The average molecular weight is 375 g/mol. The topological polar surface area (TPSA) is 43.9 Å². The van der Waals surface area contributed by atoms with Gasteiger partial charge in [0.05, 0.1) is 6.42 Å². The van der Waals surface area contributed by atoms with Gasteiger partial charge in [-0.1, -0.05) is 12.1 Å². The summed E-state index contributed by atoms with van der Waals surface area (Å²) in [5, 5.41) is 0. The summed E-state index contributed by atoms with van der Waals surface area (Å²) in [6, 6.07) is 6.15. The molecule has 2 fully saturated rings. The number of rotatable bonds is 5. The van der Waals surface area contributed by atoms with E-state index in [-0.39, 0.29) is 23.0 Å². The Labute approximate surface area is 161 Å². The van der Waals surface area contributed by atoms with E-state index in [4.69, 9.17) is 0 Å². The molecule has 0 aromatic heterocycles. The Bertz CT molecular complexity index is 667. The molecule has 0 bridgehead atoms. The van der Waals surface area contributed by atoms with E-state index < -0.39 is 0 Å². The molecule has 0 radical (unpaired) electrons. The fourth-order valence-electron chi connectivity index (χ4n) is 4.15. The predicted octanol–water partition coefficient (Wildman–Crippen LogP) is 2.16. The first-order valence-corrected chi connectivity index (χ1v) is 9.82. The molecule has 2 aliphatic rings. The van der Waals surface area contributed by atoms with Gasteiger partial charge in [-0.2, -0.15) is 0 Å². The Morgan fingerprint density at radius 1 is 1.15 bits per heavy atom.